The molecule has 1 aromatic carbocycles. The number of alkyl halides is 2. The molecule has 7 heteroatoms. The minimum Gasteiger partial charge on any atom is -0.325 e. The molecule has 4 nitrogen and oxygen atoms in total. The van der Waals surface area contributed by atoms with Gasteiger partial charge in [-0.25, -0.2) is 18.7 Å². The molecule has 22 heavy (non-hydrogen) atoms. The Morgan fingerprint density at radius 2 is 1.91 bits per heavy atom. The van der Waals surface area contributed by atoms with Crippen molar-refractivity contribution >= 4 is 23.4 Å². The van der Waals surface area contributed by atoms with Gasteiger partial charge in [0.15, 0.2) is 5.16 Å². The number of nitrogens with zero attached hydrogens (tertiary/aromatic N) is 2. The predicted octanol–water partition coefficient (Wildman–Crippen LogP) is 3.76. The summed E-state index contributed by atoms with van der Waals surface area (Å²) >= 11 is 1.03. The molecule has 1 amide bonds. The van der Waals surface area contributed by atoms with E-state index in [2.05, 4.69) is 15.3 Å². The summed E-state index contributed by atoms with van der Waals surface area (Å²) in [5, 5.41) is 2.90. The Morgan fingerprint density at radius 3 is 2.55 bits per heavy atom. The maximum absolute atomic E-state index is 12.7. The number of nitrogens with one attached hydrogen (secondary N) is 1. The number of hydrogen-bond acceptors (Lipinski definition) is 4. The van der Waals surface area contributed by atoms with Gasteiger partial charge in [0.25, 0.3) is 6.43 Å². The maximum Gasteiger partial charge on any atom is 0.280 e. The van der Waals surface area contributed by atoms with Crippen LogP contribution in [0, 0.1) is 13.8 Å². The number of carbonyl (C=O) groups excluding carboxylic acids is 1. The quantitative estimate of drug-likeness (QED) is 0.672. The van der Waals surface area contributed by atoms with Gasteiger partial charge in [0.1, 0.15) is 5.69 Å². The highest BCUT2D eigenvalue weighted by molar-refractivity contribution is 7.99. The van der Waals surface area contributed by atoms with E-state index in [0.717, 1.165) is 17.3 Å². The van der Waals surface area contributed by atoms with E-state index in [1.807, 2.05) is 19.1 Å². The number of aryl methyl sites for hydroxylation is 2. The summed E-state index contributed by atoms with van der Waals surface area (Å²) in [4.78, 5) is 19.6. The normalized spacial score (nSPS) is 10.8. The second kappa shape index (κ2) is 7.31. The number of aromatic nitrogens is 2. The Labute approximate surface area is 131 Å². The summed E-state index contributed by atoms with van der Waals surface area (Å²) in [6, 6.07) is 8.62. The second-order valence-corrected chi connectivity index (χ2v) is 5.66. The van der Waals surface area contributed by atoms with Gasteiger partial charge in [-0.15, -0.1) is 0 Å². The average molecular weight is 323 g/mol. The molecule has 1 N–H and O–H groups in total. The first kappa shape index (κ1) is 16.4. The van der Waals surface area contributed by atoms with Gasteiger partial charge < -0.3 is 5.32 Å². The van der Waals surface area contributed by atoms with Crippen molar-refractivity contribution in [3.05, 3.63) is 47.3 Å². The van der Waals surface area contributed by atoms with E-state index in [1.165, 1.54) is 6.07 Å². The molecule has 0 saturated heterocycles. The van der Waals surface area contributed by atoms with Crippen LogP contribution < -0.4 is 5.32 Å². The topological polar surface area (TPSA) is 54.9 Å². The van der Waals surface area contributed by atoms with Crippen LogP contribution in [-0.4, -0.2) is 21.6 Å². The summed E-state index contributed by atoms with van der Waals surface area (Å²) in [5.41, 5.74) is 1.91. The molecule has 0 aliphatic carbocycles. The van der Waals surface area contributed by atoms with Crippen molar-refractivity contribution in [2.24, 2.45) is 0 Å². The summed E-state index contributed by atoms with van der Waals surface area (Å²) in [5.74, 6) is -0.183. The molecule has 0 unspecified atom stereocenters. The summed E-state index contributed by atoms with van der Waals surface area (Å²) in [7, 11) is 0. The van der Waals surface area contributed by atoms with Gasteiger partial charge in [0.2, 0.25) is 5.91 Å². The monoisotopic (exact) mass is 323 g/mol. The van der Waals surface area contributed by atoms with E-state index in [4.69, 9.17) is 0 Å². The SMILES string of the molecule is Cc1ccc(NC(=O)CSc2nc(C)cc(C(F)F)n2)cc1. The second-order valence-electron chi connectivity index (χ2n) is 4.72. The van der Waals surface area contributed by atoms with Crippen LogP contribution in [0.2, 0.25) is 0 Å². The molecule has 0 bridgehead atoms. The van der Waals surface area contributed by atoms with E-state index in [-0.39, 0.29) is 22.5 Å². The fraction of sp³-hybridized carbons (Fsp3) is 0.267. The summed E-state index contributed by atoms with van der Waals surface area (Å²) in [6.45, 7) is 3.57. The summed E-state index contributed by atoms with van der Waals surface area (Å²) in [6.07, 6.45) is -2.65. The van der Waals surface area contributed by atoms with Gasteiger partial charge >= 0.3 is 0 Å². The average Bonchev–Trinajstić information content (AvgIpc) is 2.47. The first-order valence-corrected chi connectivity index (χ1v) is 7.55. The standard InChI is InChI=1S/C15H15F2N3OS/c1-9-3-5-11(6-4-9)19-13(21)8-22-15-18-10(2)7-12(20-15)14(16)17/h3-7,14H,8H2,1-2H3,(H,19,21). The molecule has 0 saturated carbocycles. The molecule has 0 spiro atoms. The van der Waals surface area contributed by atoms with Crippen LogP contribution in [-0.2, 0) is 4.79 Å². The fourth-order valence-corrected chi connectivity index (χ4v) is 2.42. The molecule has 2 rings (SSSR count). The number of halogens is 2. The molecule has 1 aromatic heterocycles. The Bertz CT molecular complexity index is 662. The van der Waals surface area contributed by atoms with Crippen LogP contribution in [0.3, 0.4) is 0 Å². The van der Waals surface area contributed by atoms with Crippen molar-refractivity contribution in [3.8, 4) is 0 Å². The number of carbonyl (C=O) groups is 1. The molecule has 0 atom stereocenters. The molecule has 0 aliphatic rings. The van der Waals surface area contributed by atoms with Crippen molar-refractivity contribution < 1.29 is 13.6 Å². The van der Waals surface area contributed by atoms with E-state index < -0.39 is 6.43 Å². The highest BCUT2D eigenvalue weighted by Crippen LogP contribution is 2.21. The number of thioether (sulfide) groups is 1. The van der Waals surface area contributed by atoms with Crippen molar-refractivity contribution in [1.29, 1.82) is 0 Å². The zero-order valence-electron chi connectivity index (χ0n) is 12.1. The molecule has 2 aromatic rings. The van der Waals surface area contributed by atoms with Gasteiger partial charge in [-0.1, -0.05) is 29.5 Å². The van der Waals surface area contributed by atoms with Crippen LogP contribution in [0.5, 0.6) is 0 Å². The molecule has 0 radical (unpaired) electrons. The van der Waals surface area contributed by atoms with E-state index in [0.29, 0.717) is 11.4 Å². The molecule has 0 aliphatic heterocycles. The third-order valence-corrected chi connectivity index (χ3v) is 3.59. The number of anilines is 1. The Hall–Kier alpha value is -2.02. The lowest BCUT2D eigenvalue weighted by Crippen LogP contribution is -2.14. The minimum absolute atomic E-state index is 0.0556. The van der Waals surface area contributed by atoms with Crippen LogP contribution in [0.15, 0.2) is 35.5 Å². The number of amides is 1. The smallest absolute Gasteiger partial charge is 0.280 e. The Balaban J connectivity index is 1.94. The third-order valence-electron chi connectivity index (χ3n) is 2.74. The van der Waals surface area contributed by atoms with Crippen molar-refractivity contribution in [2.45, 2.75) is 25.4 Å². The third kappa shape index (κ3) is 4.77. The lowest BCUT2D eigenvalue weighted by molar-refractivity contribution is -0.113. The number of hydrogen-bond donors (Lipinski definition) is 1. The lowest BCUT2D eigenvalue weighted by Gasteiger charge is -2.06. The molecule has 1 heterocycles. The molecule has 116 valence electrons. The predicted molar refractivity (Wildman–Crippen MR) is 82.3 cm³/mol. The molecule has 0 fully saturated rings. The number of rotatable bonds is 5. The van der Waals surface area contributed by atoms with E-state index in [9.17, 15) is 13.6 Å². The van der Waals surface area contributed by atoms with Gasteiger partial charge in [0, 0.05) is 11.4 Å². The van der Waals surface area contributed by atoms with Gasteiger partial charge in [0.05, 0.1) is 5.75 Å². The zero-order chi connectivity index (χ0) is 16.1. The summed E-state index contributed by atoms with van der Waals surface area (Å²) < 4.78 is 25.3. The first-order valence-electron chi connectivity index (χ1n) is 6.57. The molecular formula is C15H15F2N3OS. The maximum atomic E-state index is 12.7. The van der Waals surface area contributed by atoms with Crippen molar-refractivity contribution in [1.82, 2.24) is 9.97 Å². The Morgan fingerprint density at radius 1 is 1.23 bits per heavy atom. The van der Waals surface area contributed by atoms with Crippen LogP contribution in [0.4, 0.5) is 14.5 Å². The van der Waals surface area contributed by atoms with Crippen LogP contribution in [0.1, 0.15) is 23.4 Å². The van der Waals surface area contributed by atoms with Gasteiger partial charge in [-0.05, 0) is 32.0 Å². The van der Waals surface area contributed by atoms with E-state index >= 15 is 0 Å². The Kier molecular flexibility index (Phi) is 5.43. The van der Waals surface area contributed by atoms with Crippen LogP contribution >= 0.6 is 11.8 Å². The highest BCUT2D eigenvalue weighted by atomic mass is 32.2. The van der Waals surface area contributed by atoms with Crippen molar-refractivity contribution in [2.75, 3.05) is 11.1 Å². The zero-order valence-corrected chi connectivity index (χ0v) is 13.0. The van der Waals surface area contributed by atoms with Gasteiger partial charge in [-0.2, -0.15) is 0 Å². The highest BCUT2D eigenvalue weighted by Gasteiger charge is 2.13. The largest absolute Gasteiger partial charge is 0.325 e. The van der Waals surface area contributed by atoms with E-state index in [1.54, 1.807) is 19.1 Å². The van der Waals surface area contributed by atoms with Gasteiger partial charge in [-0.3, -0.25) is 4.79 Å². The number of benzene rings is 1. The minimum atomic E-state index is -2.65. The van der Waals surface area contributed by atoms with Crippen molar-refractivity contribution in [3.63, 3.8) is 0 Å². The lowest BCUT2D eigenvalue weighted by atomic mass is 10.2. The molecular weight excluding hydrogens is 308 g/mol. The fourth-order valence-electron chi connectivity index (χ4n) is 1.71. The van der Waals surface area contributed by atoms with Crippen LogP contribution in [0.25, 0.3) is 0 Å². The first-order chi connectivity index (χ1) is 10.4.